The van der Waals surface area contributed by atoms with Crippen LogP contribution in [0.5, 0.6) is 0 Å². The molecular formula is C19H17NO2. The quantitative estimate of drug-likeness (QED) is 0.304. The van der Waals surface area contributed by atoms with Crippen LogP contribution in [0, 0.1) is 23.7 Å². The number of nitrogens with zero attached hydrogens (tertiary/aromatic N) is 1. The van der Waals surface area contributed by atoms with Crippen LogP contribution in [0.1, 0.15) is 16.8 Å². The first-order valence-electron chi connectivity index (χ1n) is 7.68. The summed E-state index contributed by atoms with van der Waals surface area (Å²) in [4.78, 5) is 12.2. The molecule has 0 heterocycles. The fraction of sp³-hybridized carbons (Fsp3) is 0.263. The summed E-state index contributed by atoms with van der Waals surface area (Å²) in [6.45, 7) is 0. The second-order valence-electron chi connectivity index (χ2n) is 6.22. The van der Waals surface area contributed by atoms with Gasteiger partial charge in [0.05, 0.1) is 5.71 Å². The number of ketones is 1. The molecule has 4 rings (SSSR count). The topological polar surface area (TPSA) is 49.7 Å². The number of benzene rings is 1. The summed E-state index contributed by atoms with van der Waals surface area (Å²) in [5.74, 6) is 1.71. The van der Waals surface area contributed by atoms with Crippen molar-refractivity contribution in [3.63, 3.8) is 0 Å². The summed E-state index contributed by atoms with van der Waals surface area (Å²) in [6.07, 6.45) is 11.2. The van der Waals surface area contributed by atoms with Crippen LogP contribution < -0.4 is 0 Å². The highest BCUT2D eigenvalue weighted by Gasteiger charge is 2.49. The largest absolute Gasteiger partial charge is 0.411 e. The predicted molar refractivity (Wildman–Crippen MR) is 84.9 cm³/mol. The van der Waals surface area contributed by atoms with Crippen molar-refractivity contribution in [2.75, 3.05) is 0 Å². The summed E-state index contributed by atoms with van der Waals surface area (Å²) < 4.78 is 0. The maximum atomic E-state index is 12.2. The highest BCUT2D eigenvalue weighted by molar-refractivity contribution is 6.10. The Bertz CT molecular complexity index is 727. The van der Waals surface area contributed by atoms with Gasteiger partial charge in [-0.1, -0.05) is 53.7 Å². The molecule has 22 heavy (non-hydrogen) atoms. The highest BCUT2D eigenvalue weighted by atomic mass is 16.4. The fourth-order valence-electron chi connectivity index (χ4n) is 4.09. The van der Waals surface area contributed by atoms with Gasteiger partial charge in [-0.3, -0.25) is 4.79 Å². The Morgan fingerprint density at radius 3 is 2.73 bits per heavy atom. The highest BCUT2D eigenvalue weighted by Crippen LogP contribution is 2.53. The minimum Gasteiger partial charge on any atom is -0.411 e. The molecule has 1 N–H and O–H groups in total. The summed E-state index contributed by atoms with van der Waals surface area (Å²) in [5.41, 5.74) is 2.29. The van der Waals surface area contributed by atoms with E-state index in [0.29, 0.717) is 23.3 Å². The van der Waals surface area contributed by atoms with E-state index in [4.69, 9.17) is 0 Å². The van der Waals surface area contributed by atoms with Gasteiger partial charge in [0, 0.05) is 11.5 Å². The first kappa shape index (κ1) is 13.3. The number of oxime groups is 1. The van der Waals surface area contributed by atoms with Gasteiger partial charge in [0.1, 0.15) is 0 Å². The number of allylic oxidation sites excluding steroid dienone is 6. The van der Waals surface area contributed by atoms with Crippen LogP contribution in [-0.2, 0) is 0 Å². The van der Waals surface area contributed by atoms with Crippen LogP contribution in [0.15, 0.2) is 71.4 Å². The van der Waals surface area contributed by atoms with Gasteiger partial charge in [-0.15, -0.1) is 0 Å². The van der Waals surface area contributed by atoms with Crippen LogP contribution in [0.3, 0.4) is 0 Å². The lowest BCUT2D eigenvalue weighted by Gasteiger charge is -2.19. The van der Waals surface area contributed by atoms with Crippen LogP contribution in [0.4, 0.5) is 0 Å². The molecule has 3 heteroatoms. The van der Waals surface area contributed by atoms with Crippen molar-refractivity contribution in [2.45, 2.75) is 6.42 Å². The van der Waals surface area contributed by atoms with E-state index in [1.807, 2.05) is 18.2 Å². The molecule has 0 aliphatic heterocycles. The smallest absolute Gasteiger partial charge is 0.185 e. The monoisotopic (exact) mass is 291 g/mol. The maximum absolute atomic E-state index is 12.2. The van der Waals surface area contributed by atoms with E-state index >= 15 is 0 Å². The van der Waals surface area contributed by atoms with Crippen molar-refractivity contribution in [3.8, 4) is 0 Å². The minimum atomic E-state index is -0.0306. The third-order valence-corrected chi connectivity index (χ3v) is 5.08. The van der Waals surface area contributed by atoms with Crippen molar-refractivity contribution in [1.29, 1.82) is 0 Å². The molecule has 0 radical (unpaired) electrons. The molecule has 1 saturated carbocycles. The summed E-state index contributed by atoms with van der Waals surface area (Å²) in [6, 6.07) is 9.19. The first-order valence-corrected chi connectivity index (χ1v) is 7.68. The number of rotatable bonds is 3. The molecular weight excluding hydrogens is 274 g/mol. The van der Waals surface area contributed by atoms with Gasteiger partial charge in [-0.25, -0.2) is 0 Å². The van der Waals surface area contributed by atoms with Crippen molar-refractivity contribution in [2.24, 2.45) is 28.8 Å². The van der Waals surface area contributed by atoms with Crippen molar-refractivity contribution >= 4 is 11.5 Å². The molecule has 3 aliphatic rings. The Labute approximate surface area is 129 Å². The number of carbonyl (C=O) groups is 1. The van der Waals surface area contributed by atoms with Gasteiger partial charge in [-0.05, 0) is 41.9 Å². The Balaban J connectivity index is 1.57. The van der Waals surface area contributed by atoms with E-state index < -0.39 is 0 Å². The minimum absolute atomic E-state index is 0.0306. The molecule has 1 fully saturated rings. The van der Waals surface area contributed by atoms with Gasteiger partial charge in [0.2, 0.25) is 0 Å². The molecule has 3 nitrogen and oxygen atoms in total. The maximum Gasteiger partial charge on any atom is 0.185 e. The fourth-order valence-corrected chi connectivity index (χ4v) is 4.09. The second-order valence-corrected chi connectivity index (χ2v) is 6.22. The molecule has 0 saturated heterocycles. The molecule has 4 unspecified atom stereocenters. The zero-order chi connectivity index (χ0) is 15.1. The lowest BCUT2D eigenvalue weighted by Crippen LogP contribution is -2.21. The zero-order valence-corrected chi connectivity index (χ0v) is 12.1. The molecule has 0 amide bonds. The van der Waals surface area contributed by atoms with E-state index in [2.05, 4.69) is 23.4 Å². The Kier molecular flexibility index (Phi) is 3.07. The molecule has 0 aromatic heterocycles. The zero-order valence-electron chi connectivity index (χ0n) is 12.1. The number of hydrogen-bond donors (Lipinski definition) is 1. The Morgan fingerprint density at radius 1 is 1.18 bits per heavy atom. The van der Waals surface area contributed by atoms with E-state index in [1.54, 1.807) is 24.3 Å². The van der Waals surface area contributed by atoms with Crippen molar-refractivity contribution < 1.29 is 10.0 Å². The average molecular weight is 291 g/mol. The molecule has 4 atom stereocenters. The van der Waals surface area contributed by atoms with Gasteiger partial charge >= 0.3 is 0 Å². The van der Waals surface area contributed by atoms with Crippen LogP contribution in [0.2, 0.25) is 0 Å². The third kappa shape index (κ3) is 1.97. The van der Waals surface area contributed by atoms with E-state index in [1.165, 1.54) is 0 Å². The lowest BCUT2D eigenvalue weighted by atomic mass is 9.84. The van der Waals surface area contributed by atoms with E-state index in [-0.39, 0.29) is 11.7 Å². The summed E-state index contributed by atoms with van der Waals surface area (Å²) >= 11 is 0. The van der Waals surface area contributed by atoms with Gasteiger partial charge in [-0.2, -0.15) is 0 Å². The molecule has 1 aromatic rings. The Morgan fingerprint density at radius 2 is 1.95 bits per heavy atom. The van der Waals surface area contributed by atoms with Gasteiger partial charge < -0.3 is 5.21 Å². The van der Waals surface area contributed by atoms with Crippen LogP contribution in [0.25, 0.3) is 0 Å². The third-order valence-electron chi connectivity index (χ3n) is 5.08. The molecule has 2 bridgehead atoms. The second kappa shape index (κ2) is 5.09. The van der Waals surface area contributed by atoms with Gasteiger partial charge in [0.15, 0.2) is 5.78 Å². The number of carbonyl (C=O) groups excluding carboxylic acids is 1. The Hall–Kier alpha value is -2.42. The SMILES string of the molecule is O=C(/C=C/C1=CC2C3C=CC(C3)C2/C1=N/O)c1ccccc1. The van der Waals surface area contributed by atoms with Crippen molar-refractivity contribution in [1.82, 2.24) is 0 Å². The molecule has 1 aromatic carbocycles. The summed E-state index contributed by atoms with van der Waals surface area (Å²) in [7, 11) is 0. The number of fused-ring (bicyclic) bond motifs is 5. The van der Waals surface area contributed by atoms with Crippen LogP contribution >= 0.6 is 0 Å². The van der Waals surface area contributed by atoms with Gasteiger partial charge in [0.25, 0.3) is 0 Å². The molecule has 3 aliphatic carbocycles. The van der Waals surface area contributed by atoms with E-state index in [9.17, 15) is 10.0 Å². The molecule has 110 valence electrons. The lowest BCUT2D eigenvalue weighted by molar-refractivity contribution is 0.104. The molecule has 0 spiro atoms. The number of hydrogen-bond acceptors (Lipinski definition) is 3. The van der Waals surface area contributed by atoms with Crippen molar-refractivity contribution in [3.05, 3.63) is 71.8 Å². The normalized spacial score (nSPS) is 33.6. The van der Waals surface area contributed by atoms with E-state index in [0.717, 1.165) is 17.7 Å². The standard InChI is InChI=1S/C19H17NO2/c21-17(12-4-2-1-3-5-12)9-8-15-11-16-13-6-7-14(10-13)18(16)19(15)20-22/h1-9,11,13-14,16,18,22H,10H2/b9-8+,20-19+. The predicted octanol–water partition coefficient (Wildman–Crippen LogP) is 3.63. The first-order chi connectivity index (χ1) is 10.8. The average Bonchev–Trinajstić information content (AvgIpc) is 3.24. The van der Waals surface area contributed by atoms with Crippen LogP contribution in [-0.4, -0.2) is 16.7 Å². The summed E-state index contributed by atoms with van der Waals surface area (Å²) in [5, 5.41) is 12.9.